The minimum absolute atomic E-state index is 0.0105. The molecular formula is C22H31N3O4. The normalized spacial score (nSPS) is 18.7. The van der Waals surface area contributed by atoms with Gasteiger partial charge >= 0.3 is 0 Å². The number of piperazine rings is 1. The number of Topliss-reactive ketones (excluding diaryl/α,β-unsaturated/α-hetero) is 1. The van der Waals surface area contributed by atoms with Crippen LogP contribution in [0, 0.1) is 11.3 Å². The van der Waals surface area contributed by atoms with Gasteiger partial charge in [-0.25, -0.2) is 0 Å². The third-order valence-electron chi connectivity index (χ3n) is 5.80. The summed E-state index contributed by atoms with van der Waals surface area (Å²) in [6.07, 6.45) is 2.38. The molecule has 2 aliphatic rings. The molecule has 0 aromatic carbocycles. The lowest BCUT2D eigenvalue weighted by atomic mass is 9.75. The standard InChI is InChI=1S/C22H31N3O4/c1-14(2)5-6-19(27)24-7-9-25(10-8-24)21(29)16-11-15-17(23-20(16)28)12-22(3,4)13-18(15)26/h11,14H,5-10,12-13H2,1-4H3,(H,23,28). The molecule has 7 heteroatoms. The number of fused-ring (bicyclic) bond motifs is 1. The molecule has 0 radical (unpaired) electrons. The Balaban J connectivity index is 1.69. The molecule has 1 fully saturated rings. The molecule has 1 aromatic rings. The third-order valence-corrected chi connectivity index (χ3v) is 5.80. The number of hydrogen-bond acceptors (Lipinski definition) is 4. The number of aromatic amines is 1. The summed E-state index contributed by atoms with van der Waals surface area (Å²) in [6.45, 7) is 9.89. The second-order valence-corrected chi connectivity index (χ2v) is 9.45. The summed E-state index contributed by atoms with van der Waals surface area (Å²) in [5, 5.41) is 0. The number of carbonyl (C=O) groups is 3. The summed E-state index contributed by atoms with van der Waals surface area (Å²) in [4.78, 5) is 56.4. The molecule has 1 aromatic heterocycles. The predicted octanol–water partition coefficient (Wildman–Crippen LogP) is 2.25. The predicted molar refractivity (Wildman–Crippen MR) is 110 cm³/mol. The number of carbonyl (C=O) groups excluding carboxylic acids is 3. The topological polar surface area (TPSA) is 90.6 Å². The van der Waals surface area contributed by atoms with Gasteiger partial charge in [-0.1, -0.05) is 27.7 Å². The first-order valence-corrected chi connectivity index (χ1v) is 10.4. The minimum Gasteiger partial charge on any atom is -0.339 e. The van der Waals surface area contributed by atoms with Crippen molar-refractivity contribution in [1.82, 2.24) is 14.8 Å². The van der Waals surface area contributed by atoms with Gasteiger partial charge in [0.1, 0.15) is 5.56 Å². The SMILES string of the molecule is CC(C)CCC(=O)N1CCN(C(=O)c2cc3c([nH]c2=O)CC(C)(C)CC3=O)CC1. The van der Waals surface area contributed by atoms with Crippen molar-refractivity contribution in [3.05, 3.63) is 33.2 Å². The molecule has 1 saturated heterocycles. The number of nitrogens with one attached hydrogen (secondary N) is 1. The molecule has 2 heterocycles. The van der Waals surface area contributed by atoms with Gasteiger partial charge in [0, 0.05) is 50.3 Å². The number of aromatic nitrogens is 1. The molecule has 1 N–H and O–H groups in total. The van der Waals surface area contributed by atoms with Crippen molar-refractivity contribution < 1.29 is 14.4 Å². The van der Waals surface area contributed by atoms with Crippen LogP contribution in [0.25, 0.3) is 0 Å². The van der Waals surface area contributed by atoms with Crippen LogP contribution in [-0.2, 0) is 11.2 Å². The first-order chi connectivity index (χ1) is 13.6. The van der Waals surface area contributed by atoms with E-state index >= 15 is 0 Å². The molecule has 2 amide bonds. The summed E-state index contributed by atoms with van der Waals surface area (Å²) in [6, 6.07) is 1.47. The molecule has 7 nitrogen and oxygen atoms in total. The highest BCUT2D eigenvalue weighted by atomic mass is 16.2. The Bertz CT molecular complexity index is 877. The third kappa shape index (κ3) is 4.77. The quantitative estimate of drug-likeness (QED) is 0.838. The highest BCUT2D eigenvalue weighted by molar-refractivity contribution is 6.02. The second-order valence-electron chi connectivity index (χ2n) is 9.45. The van der Waals surface area contributed by atoms with Gasteiger partial charge in [0.05, 0.1) is 0 Å². The fraction of sp³-hybridized carbons (Fsp3) is 0.636. The van der Waals surface area contributed by atoms with Crippen LogP contribution in [0.15, 0.2) is 10.9 Å². The molecule has 0 bridgehead atoms. The number of nitrogens with zero attached hydrogens (tertiary/aromatic N) is 2. The van der Waals surface area contributed by atoms with Crippen LogP contribution in [0.5, 0.6) is 0 Å². The maximum Gasteiger partial charge on any atom is 0.261 e. The van der Waals surface area contributed by atoms with Crippen molar-refractivity contribution in [1.29, 1.82) is 0 Å². The van der Waals surface area contributed by atoms with E-state index in [1.54, 1.807) is 9.80 Å². The summed E-state index contributed by atoms with van der Waals surface area (Å²) < 4.78 is 0. The smallest absolute Gasteiger partial charge is 0.261 e. The van der Waals surface area contributed by atoms with Gasteiger partial charge in [0.2, 0.25) is 5.91 Å². The van der Waals surface area contributed by atoms with Gasteiger partial charge in [0.25, 0.3) is 11.5 Å². The van der Waals surface area contributed by atoms with Gasteiger partial charge < -0.3 is 14.8 Å². The number of hydrogen-bond donors (Lipinski definition) is 1. The number of pyridine rings is 1. The van der Waals surface area contributed by atoms with Crippen LogP contribution in [0.3, 0.4) is 0 Å². The highest BCUT2D eigenvalue weighted by Gasteiger charge is 2.33. The molecule has 1 aliphatic carbocycles. The molecule has 0 spiro atoms. The fourth-order valence-corrected chi connectivity index (χ4v) is 4.09. The average Bonchev–Trinajstić information content (AvgIpc) is 2.64. The van der Waals surface area contributed by atoms with E-state index in [1.165, 1.54) is 6.07 Å². The Morgan fingerprint density at radius 3 is 2.31 bits per heavy atom. The van der Waals surface area contributed by atoms with Crippen LogP contribution in [0.2, 0.25) is 0 Å². The van der Waals surface area contributed by atoms with Crippen molar-refractivity contribution in [2.45, 2.75) is 53.4 Å². The van der Waals surface area contributed by atoms with Gasteiger partial charge in [-0.2, -0.15) is 0 Å². The van der Waals surface area contributed by atoms with Crippen LogP contribution in [-0.4, -0.2) is 58.6 Å². The first-order valence-electron chi connectivity index (χ1n) is 10.4. The summed E-state index contributed by atoms with van der Waals surface area (Å²) in [5.41, 5.74) is 0.436. The van der Waals surface area contributed by atoms with E-state index in [2.05, 4.69) is 18.8 Å². The molecule has 29 heavy (non-hydrogen) atoms. The second kappa shape index (κ2) is 8.13. The lowest BCUT2D eigenvalue weighted by Crippen LogP contribution is -2.51. The lowest BCUT2D eigenvalue weighted by molar-refractivity contribution is -0.132. The zero-order chi connectivity index (χ0) is 21.3. The Labute approximate surface area is 171 Å². The van der Waals surface area contributed by atoms with Crippen molar-refractivity contribution in [3.63, 3.8) is 0 Å². The molecule has 0 atom stereocenters. The summed E-state index contributed by atoms with van der Waals surface area (Å²) in [5.74, 6) is 0.180. The van der Waals surface area contributed by atoms with Gasteiger partial charge in [-0.3, -0.25) is 19.2 Å². The van der Waals surface area contributed by atoms with E-state index in [4.69, 9.17) is 0 Å². The van der Waals surface area contributed by atoms with E-state index < -0.39 is 5.56 Å². The zero-order valence-electron chi connectivity index (χ0n) is 17.8. The van der Waals surface area contributed by atoms with Crippen LogP contribution >= 0.6 is 0 Å². The highest BCUT2D eigenvalue weighted by Crippen LogP contribution is 2.33. The maximum atomic E-state index is 12.9. The Morgan fingerprint density at radius 2 is 1.69 bits per heavy atom. The van der Waals surface area contributed by atoms with E-state index in [-0.39, 0.29) is 28.6 Å². The molecule has 1 aliphatic heterocycles. The molecule has 158 valence electrons. The van der Waals surface area contributed by atoms with Crippen molar-refractivity contribution in [2.75, 3.05) is 26.2 Å². The lowest BCUT2D eigenvalue weighted by Gasteiger charge is -2.35. The van der Waals surface area contributed by atoms with Crippen molar-refractivity contribution in [2.24, 2.45) is 11.3 Å². The van der Waals surface area contributed by atoms with E-state index in [9.17, 15) is 19.2 Å². The molecule has 0 unspecified atom stereocenters. The first kappa shape index (κ1) is 21.3. The maximum absolute atomic E-state index is 12.9. The Morgan fingerprint density at radius 1 is 1.07 bits per heavy atom. The van der Waals surface area contributed by atoms with Gasteiger partial charge in [-0.05, 0) is 30.2 Å². The number of amides is 2. The van der Waals surface area contributed by atoms with E-state index in [0.717, 1.165) is 6.42 Å². The van der Waals surface area contributed by atoms with Crippen molar-refractivity contribution >= 4 is 17.6 Å². The molecule has 0 saturated carbocycles. The summed E-state index contributed by atoms with van der Waals surface area (Å²) in [7, 11) is 0. The molecular weight excluding hydrogens is 370 g/mol. The van der Waals surface area contributed by atoms with Crippen LogP contribution in [0.4, 0.5) is 0 Å². The average molecular weight is 402 g/mol. The van der Waals surface area contributed by atoms with Gasteiger partial charge in [-0.15, -0.1) is 0 Å². The molecule has 3 rings (SSSR count). The van der Waals surface area contributed by atoms with E-state index in [1.807, 2.05) is 13.8 Å². The Kier molecular flexibility index (Phi) is 5.96. The van der Waals surface area contributed by atoms with E-state index in [0.29, 0.717) is 62.6 Å². The summed E-state index contributed by atoms with van der Waals surface area (Å²) >= 11 is 0. The number of H-pyrrole nitrogens is 1. The number of rotatable bonds is 4. The fourth-order valence-electron chi connectivity index (χ4n) is 4.09. The minimum atomic E-state index is -0.449. The Hall–Kier alpha value is -2.44. The largest absolute Gasteiger partial charge is 0.339 e. The number of ketones is 1. The van der Waals surface area contributed by atoms with Crippen LogP contribution < -0.4 is 5.56 Å². The van der Waals surface area contributed by atoms with Crippen molar-refractivity contribution in [3.8, 4) is 0 Å². The van der Waals surface area contributed by atoms with Gasteiger partial charge in [0.15, 0.2) is 5.78 Å². The van der Waals surface area contributed by atoms with Crippen LogP contribution in [0.1, 0.15) is 73.4 Å². The zero-order valence-corrected chi connectivity index (χ0v) is 17.8. The monoisotopic (exact) mass is 401 g/mol.